The average Bonchev–Trinajstić information content (AvgIpc) is 3.29. The van der Waals surface area contributed by atoms with Gasteiger partial charge in [-0.1, -0.05) is 11.6 Å². The topological polar surface area (TPSA) is 179 Å². The minimum Gasteiger partial charge on any atom is -0.503 e. The lowest BCUT2D eigenvalue weighted by Gasteiger charge is -2.44. The molecule has 1 saturated carbocycles. The van der Waals surface area contributed by atoms with E-state index in [1.807, 2.05) is 6.08 Å². The van der Waals surface area contributed by atoms with Crippen molar-refractivity contribution in [3.8, 4) is 11.5 Å². The monoisotopic (exact) mass is 618 g/mol. The Morgan fingerprint density at radius 1 is 0.900 bits per heavy atom. The third kappa shape index (κ3) is 4.36. The van der Waals surface area contributed by atoms with Crippen molar-refractivity contribution < 1.29 is 48.8 Å². The third-order valence-corrected chi connectivity index (χ3v) is 9.16. The number of fused-ring (bicyclic) bond motifs is 4. The smallest absolute Gasteiger partial charge is 0.305 e. The van der Waals surface area contributed by atoms with E-state index in [4.69, 9.17) is 14.9 Å². The number of methoxy groups -OCH3 is 1. The van der Waals surface area contributed by atoms with Crippen LogP contribution in [0.5, 0.6) is 11.5 Å². The largest absolute Gasteiger partial charge is 0.503 e. The van der Waals surface area contributed by atoms with Gasteiger partial charge in [-0.3, -0.25) is 38.6 Å². The Morgan fingerprint density at radius 3 is 2.05 bits per heavy atom. The number of hydrogen-bond acceptors (Lipinski definition) is 8. The molecule has 2 heterocycles. The van der Waals surface area contributed by atoms with E-state index >= 15 is 0 Å². The summed E-state index contributed by atoms with van der Waals surface area (Å²) in [7, 11) is 1.37. The Kier molecular flexibility index (Phi) is 7.19. The number of likely N-dealkylation sites (tertiary alicyclic amines) is 2. The number of rotatable bonds is 8. The van der Waals surface area contributed by atoms with Gasteiger partial charge in [0.05, 0.1) is 48.1 Å². The molecule has 12 nitrogen and oxygen atoms in total. The van der Waals surface area contributed by atoms with E-state index in [2.05, 4.69) is 15.9 Å². The molecule has 40 heavy (non-hydrogen) atoms. The molecule has 0 bridgehead atoms. The van der Waals surface area contributed by atoms with Crippen LogP contribution in [-0.4, -0.2) is 80.9 Å². The number of amides is 4. The van der Waals surface area contributed by atoms with Crippen molar-refractivity contribution in [1.82, 2.24) is 9.80 Å². The number of carboxylic acid groups (broad SMARTS) is 2. The molecule has 2 aliphatic heterocycles. The van der Waals surface area contributed by atoms with Gasteiger partial charge in [-0.25, -0.2) is 0 Å². The maximum Gasteiger partial charge on any atom is 0.305 e. The van der Waals surface area contributed by atoms with Gasteiger partial charge in [-0.2, -0.15) is 0 Å². The molecular formula is C27H27BrN2O10. The Morgan fingerprint density at radius 2 is 1.48 bits per heavy atom. The maximum atomic E-state index is 13.7. The second-order valence-corrected chi connectivity index (χ2v) is 11.4. The van der Waals surface area contributed by atoms with Crippen LogP contribution in [0.25, 0.3) is 0 Å². The second-order valence-electron chi connectivity index (χ2n) is 10.5. The number of nitrogens with zero attached hydrogens (tertiary/aromatic N) is 2. The molecule has 0 spiro atoms. The first-order valence-corrected chi connectivity index (χ1v) is 13.7. The van der Waals surface area contributed by atoms with Crippen LogP contribution < -0.4 is 4.74 Å². The summed E-state index contributed by atoms with van der Waals surface area (Å²) in [5, 5.41) is 28.7. The van der Waals surface area contributed by atoms with Crippen molar-refractivity contribution in [2.45, 2.75) is 31.6 Å². The fraction of sp³-hybridized carbons (Fsp3) is 0.481. The third-order valence-electron chi connectivity index (χ3n) is 8.56. The molecule has 6 atom stereocenters. The molecule has 0 aromatic heterocycles. The molecule has 4 aliphatic rings. The quantitative estimate of drug-likeness (QED) is 0.287. The lowest BCUT2D eigenvalue weighted by Crippen LogP contribution is -2.43. The Labute approximate surface area is 236 Å². The highest BCUT2D eigenvalue weighted by Crippen LogP contribution is 2.58. The van der Waals surface area contributed by atoms with Crippen LogP contribution in [-0.2, 0) is 28.8 Å². The summed E-state index contributed by atoms with van der Waals surface area (Å²) in [6, 6.07) is 3.18. The number of imide groups is 2. The number of carbonyl (C=O) groups is 6. The van der Waals surface area contributed by atoms with Crippen LogP contribution in [0.4, 0.5) is 0 Å². The van der Waals surface area contributed by atoms with Crippen molar-refractivity contribution in [2.24, 2.45) is 29.6 Å². The number of hydrogen-bond donors (Lipinski definition) is 3. The van der Waals surface area contributed by atoms with Crippen molar-refractivity contribution in [1.29, 1.82) is 0 Å². The van der Waals surface area contributed by atoms with Crippen molar-refractivity contribution in [3.05, 3.63) is 33.8 Å². The number of carbonyl (C=O) groups excluding carboxylic acids is 4. The van der Waals surface area contributed by atoms with Crippen LogP contribution in [0.1, 0.15) is 37.2 Å². The van der Waals surface area contributed by atoms with E-state index < -0.39 is 77.5 Å². The van der Waals surface area contributed by atoms with Crippen molar-refractivity contribution in [2.75, 3.05) is 20.2 Å². The highest BCUT2D eigenvalue weighted by Gasteiger charge is 2.61. The second kappa shape index (κ2) is 10.3. The molecule has 212 valence electrons. The summed E-state index contributed by atoms with van der Waals surface area (Å²) < 4.78 is 5.61. The summed E-state index contributed by atoms with van der Waals surface area (Å²) in [4.78, 5) is 78.2. The van der Waals surface area contributed by atoms with Gasteiger partial charge >= 0.3 is 11.9 Å². The van der Waals surface area contributed by atoms with Gasteiger partial charge in [0.2, 0.25) is 23.6 Å². The highest BCUT2D eigenvalue weighted by molar-refractivity contribution is 9.10. The normalized spacial score (nSPS) is 29.2. The molecule has 1 aromatic rings. The van der Waals surface area contributed by atoms with Crippen LogP contribution in [0.3, 0.4) is 0 Å². The molecule has 4 amide bonds. The molecule has 3 N–H and O–H groups in total. The van der Waals surface area contributed by atoms with Crippen LogP contribution in [0.15, 0.2) is 28.3 Å². The summed E-state index contributed by atoms with van der Waals surface area (Å²) >= 11 is 3.31. The number of benzene rings is 1. The first-order chi connectivity index (χ1) is 19.0. The van der Waals surface area contributed by atoms with E-state index in [9.17, 15) is 33.9 Å². The number of phenolic OH excluding ortho intramolecular Hbond substituents is 1. The lowest BCUT2D eigenvalue weighted by molar-refractivity contribution is -0.145. The summed E-state index contributed by atoms with van der Waals surface area (Å²) in [5.41, 5.74) is 1.26. The van der Waals surface area contributed by atoms with Gasteiger partial charge in [0.15, 0.2) is 11.5 Å². The Balaban J connectivity index is 1.60. The highest BCUT2D eigenvalue weighted by atomic mass is 79.9. The van der Waals surface area contributed by atoms with Crippen LogP contribution >= 0.6 is 15.9 Å². The molecule has 2 aliphatic carbocycles. The molecule has 2 saturated heterocycles. The summed E-state index contributed by atoms with van der Waals surface area (Å²) in [6.45, 7) is -0.536. The fourth-order valence-corrected chi connectivity index (χ4v) is 7.34. The van der Waals surface area contributed by atoms with Crippen LogP contribution in [0, 0.1) is 29.6 Å². The Bertz CT molecular complexity index is 1370. The molecule has 3 fully saturated rings. The van der Waals surface area contributed by atoms with Gasteiger partial charge in [0, 0.05) is 19.0 Å². The average molecular weight is 619 g/mol. The van der Waals surface area contributed by atoms with E-state index in [0.717, 1.165) is 9.80 Å². The van der Waals surface area contributed by atoms with Crippen molar-refractivity contribution >= 4 is 51.5 Å². The van der Waals surface area contributed by atoms with E-state index in [0.29, 0.717) is 15.6 Å². The van der Waals surface area contributed by atoms with Gasteiger partial charge in [-0.05, 0) is 52.4 Å². The predicted molar refractivity (Wildman–Crippen MR) is 138 cm³/mol. The zero-order valence-electron chi connectivity index (χ0n) is 21.4. The summed E-state index contributed by atoms with van der Waals surface area (Å²) in [6.07, 6.45) is 1.36. The van der Waals surface area contributed by atoms with Gasteiger partial charge in [0.1, 0.15) is 0 Å². The van der Waals surface area contributed by atoms with Gasteiger partial charge < -0.3 is 20.1 Å². The lowest BCUT2D eigenvalue weighted by atomic mass is 9.57. The first kappa shape index (κ1) is 27.8. The SMILES string of the molecule is COc1cc(C2C3=CCC4C(=O)N(CCC(=O)O)C(=O)C4C3CC3C(=O)N(CCC(=O)O)C(=O)C32)cc(Br)c1O. The molecule has 13 heteroatoms. The Hall–Kier alpha value is -3.74. The standard InChI is InChI=1S/C27H27BrN2O10/c1-40-17-9-11(8-16(28)23(17)35)20-12-2-3-13-21(26(38)29(24(13)36)6-4-18(31)32)14(12)10-15-22(20)27(39)30(25(15)37)7-5-19(33)34/h2,8-9,13-15,20-22,35H,3-7,10H2,1H3,(H,31,32)(H,33,34). The summed E-state index contributed by atoms with van der Waals surface area (Å²) in [5.74, 6) is -8.85. The number of halogens is 1. The van der Waals surface area contributed by atoms with Gasteiger partial charge in [0.25, 0.3) is 0 Å². The van der Waals surface area contributed by atoms with Crippen molar-refractivity contribution in [3.63, 3.8) is 0 Å². The molecule has 0 radical (unpaired) electrons. The molecule has 1 aromatic carbocycles. The molecular weight excluding hydrogens is 592 g/mol. The predicted octanol–water partition coefficient (Wildman–Crippen LogP) is 1.75. The van der Waals surface area contributed by atoms with Crippen LogP contribution in [0.2, 0.25) is 0 Å². The zero-order valence-corrected chi connectivity index (χ0v) is 23.0. The minimum absolute atomic E-state index is 0.116. The number of phenols is 1. The number of allylic oxidation sites excluding steroid dienone is 2. The zero-order chi connectivity index (χ0) is 29.0. The van der Waals surface area contributed by atoms with E-state index in [1.165, 1.54) is 7.11 Å². The van der Waals surface area contributed by atoms with Gasteiger partial charge in [-0.15, -0.1) is 0 Å². The molecule has 5 rings (SSSR count). The fourth-order valence-electron chi connectivity index (χ4n) is 6.88. The number of aliphatic carboxylic acids is 2. The number of aromatic hydroxyl groups is 1. The number of carboxylic acids is 2. The minimum atomic E-state index is -1.16. The molecule has 6 unspecified atom stereocenters. The van der Waals surface area contributed by atoms with E-state index in [-0.39, 0.29) is 43.9 Å². The number of ether oxygens (including phenoxy) is 1. The first-order valence-electron chi connectivity index (χ1n) is 12.9. The van der Waals surface area contributed by atoms with E-state index in [1.54, 1.807) is 12.1 Å². The maximum absolute atomic E-state index is 13.7.